The number of pyridine rings is 1. The van der Waals surface area contributed by atoms with Gasteiger partial charge < -0.3 is 9.32 Å². The summed E-state index contributed by atoms with van der Waals surface area (Å²) in [5.74, 6) is 0. The number of rotatable bonds is 5. The number of hydrogen-bond acceptors (Lipinski definition) is 3. The number of aromatic nitrogens is 1. The summed E-state index contributed by atoms with van der Waals surface area (Å²) in [6.07, 6.45) is 1.82. The van der Waals surface area contributed by atoms with E-state index in [2.05, 4.69) is 162 Å². The van der Waals surface area contributed by atoms with Crippen LogP contribution in [0.3, 0.4) is 0 Å². The van der Waals surface area contributed by atoms with Crippen molar-refractivity contribution >= 4 is 60.7 Å². The topological polar surface area (TPSA) is 29.3 Å². The monoisotopic (exact) mass is 588 g/mol. The van der Waals surface area contributed by atoms with Crippen LogP contribution >= 0.6 is 0 Å². The van der Waals surface area contributed by atoms with Gasteiger partial charge in [-0.1, -0.05) is 109 Å². The molecule has 3 heteroatoms. The van der Waals surface area contributed by atoms with Crippen molar-refractivity contribution in [1.82, 2.24) is 4.98 Å². The fourth-order valence-corrected chi connectivity index (χ4v) is 6.67. The fourth-order valence-electron chi connectivity index (χ4n) is 6.67. The van der Waals surface area contributed by atoms with Crippen LogP contribution < -0.4 is 4.90 Å². The van der Waals surface area contributed by atoms with E-state index in [0.29, 0.717) is 0 Å². The first-order valence-electron chi connectivity index (χ1n) is 15.5. The van der Waals surface area contributed by atoms with Gasteiger partial charge in [0, 0.05) is 28.3 Å². The largest absolute Gasteiger partial charge is 0.454 e. The molecule has 0 saturated heterocycles. The van der Waals surface area contributed by atoms with Gasteiger partial charge >= 0.3 is 0 Å². The molecule has 0 amide bonds. The predicted octanol–water partition coefficient (Wildman–Crippen LogP) is 12.1. The first-order valence-corrected chi connectivity index (χ1v) is 15.5. The summed E-state index contributed by atoms with van der Waals surface area (Å²) in [7, 11) is 0. The van der Waals surface area contributed by atoms with Gasteiger partial charge in [0.2, 0.25) is 0 Å². The first-order chi connectivity index (χ1) is 22.8. The van der Waals surface area contributed by atoms with Gasteiger partial charge in [-0.3, -0.25) is 4.98 Å². The van der Waals surface area contributed by atoms with Crippen LogP contribution in [0, 0.1) is 0 Å². The maximum absolute atomic E-state index is 6.19. The molecule has 2 heterocycles. The number of fused-ring (bicyclic) bond motifs is 5. The van der Waals surface area contributed by atoms with Crippen LogP contribution in [0.5, 0.6) is 0 Å². The Morgan fingerprint density at radius 1 is 0.435 bits per heavy atom. The van der Waals surface area contributed by atoms with E-state index in [4.69, 9.17) is 4.42 Å². The van der Waals surface area contributed by atoms with E-state index in [1.165, 1.54) is 33.0 Å². The molecule has 9 aromatic rings. The molecule has 0 saturated carbocycles. The number of benzene rings is 7. The second-order valence-corrected chi connectivity index (χ2v) is 11.6. The van der Waals surface area contributed by atoms with Crippen LogP contribution in [0.2, 0.25) is 0 Å². The molecule has 0 bridgehead atoms. The second kappa shape index (κ2) is 10.8. The van der Waals surface area contributed by atoms with Crippen LogP contribution in [0.15, 0.2) is 174 Å². The molecule has 0 atom stereocenters. The van der Waals surface area contributed by atoms with Crippen molar-refractivity contribution < 1.29 is 4.42 Å². The average Bonchev–Trinajstić information content (AvgIpc) is 3.49. The van der Waals surface area contributed by atoms with Gasteiger partial charge in [0.05, 0.1) is 5.69 Å². The third-order valence-corrected chi connectivity index (χ3v) is 8.90. The molecular weight excluding hydrogens is 560 g/mol. The Kier molecular flexibility index (Phi) is 6.14. The van der Waals surface area contributed by atoms with Crippen molar-refractivity contribution in [3.05, 3.63) is 170 Å². The summed E-state index contributed by atoms with van der Waals surface area (Å²) in [6.45, 7) is 0. The molecule has 0 unspecified atom stereocenters. The van der Waals surface area contributed by atoms with Crippen LogP contribution in [0.4, 0.5) is 17.1 Å². The molecule has 0 radical (unpaired) electrons. The molecule has 0 spiro atoms. The van der Waals surface area contributed by atoms with E-state index in [-0.39, 0.29) is 0 Å². The van der Waals surface area contributed by atoms with Crippen LogP contribution in [0.25, 0.3) is 65.9 Å². The van der Waals surface area contributed by atoms with Gasteiger partial charge in [-0.25, -0.2) is 0 Å². The molecule has 3 nitrogen and oxygen atoms in total. The Balaban J connectivity index is 1.22. The zero-order valence-corrected chi connectivity index (χ0v) is 25.0. The second-order valence-electron chi connectivity index (χ2n) is 11.6. The van der Waals surface area contributed by atoms with Gasteiger partial charge in [-0.2, -0.15) is 0 Å². The SMILES string of the molecule is c1ccc(-c2ccc(N(c3ccc(-c4cccc5ccccc45)cc3)c3cccc4cc5oc6cccnc6c5cc34)cc2)cc1. The highest BCUT2D eigenvalue weighted by molar-refractivity contribution is 6.12. The fraction of sp³-hybridized carbons (Fsp3) is 0. The lowest BCUT2D eigenvalue weighted by molar-refractivity contribution is 0.668. The van der Waals surface area contributed by atoms with Crippen molar-refractivity contribution in [2.75, 3.05) is 4.90 Å². The van der Waals surface area contributed by atoms with Crippen molar-refractivity contribution in [3.8, 4) is 22.3 Å². The highest BCUT2D eigenvalue weighted by atomic mass is 16.3. The van der Waals surface area contributed by atoms with Crippen molar-refractivity contribution in [2.45, 2.75) is 0 Å². The maximum atomic E-state index is 6.19. The molecule has 46 heavy (non-hydrogen) atoms. The number of anilines is 3. The van der Waals surface area contributed by atoms with Gasteiger partial charge in [0.1, 0.15) is 11.1 Å². The standard InChI is InChI=1S/C43H28N2O/c1-2-9-29(10-3-1)30-18-22-34(23-19-30)45(35-24-20-32(21-25-35)37-15-6-12-31-11-4-5-14-36(31)37)40-16-7-13-33-27-42-39(28-38(33)40)43-41(46-42)17-8-26-44-43/h1-28H. The van der Waals surface area contributed by atoms with E-state index in [0.717, 1.165) is 49.9 Å². The minimum absolute atomic E-state index is 0.798. The molecule has 0 aliphatic rings. The lowest BCUT2D eigenvalue weighted by Crippen LogP contribution is -2.10. The molecule has 9 rings (SSSR count). The Hall–Kier alpha value is -6.19. The van der Waals surface area contributed by atoms with Gasteiger partial charge in [-0.05, 0) is 93.0 Å². The zero-order chi connectivity index (χ0) is 30.5. The van der Waals surface area contributed by atoms with Gasteiger partial charge in [0.15, 0.2) is 5.58 Å². The van der Waals surface area contributed by atoms with E-state index in [1.54, 1.807) is 0 Å². The molecular formula is C43H28N2O. The maximum Gasteiger partial charge on any atom is 0.153 e. The van der Waals surface area contributed by atoms with Crippen molar-refractivity contribution in [1.29, 1.82) is 0 Å². The lowest BCUT2D eigenvalue weighted by Gasteiger charge is -2.27. The lowest BCUT2D eigenvalue weighted by atomic mass is 9.98. The highest BCUT2D eigenvalue weighted by Gasteiger charge is 2.18. The van der Waals surface area contributed by atoms with Crippen molar-refractivity contribution in [2.24, 2.45) is 0 Å². The third-order valence-electron chi connectivity index (χ3n) is 8.90. The summed E-state index contributed by atoms with van der Waals surface area (Å²) in [5, 5.41) is 5.76. The van der Waals surface area contributed by atoms with E-state index in [9.17, 15) is 0 Å². The summed E-state index contributed by atoms with van der Waals surface area (Å²) >= 11 is 0. The summed E-state index contributed by atoms with van der Waals surface area (Å²) in [6, 6.07) is 58.1. The van der Waals surface area contributed by atoms with E-state index in [1.807, 2.05) is 18.3 Å². The third kappa shape index (κ3) is 4.41. The average molecular weight is 589 g/mol. The van der Waals surface area contributed by atoms with Crippen LogP contribution in [0.1, 0.15) is 0 Å². The number of hydrogen-bond donors (Lipinski definition) is 0. The molecule has 0 N–H and O–H groups in total. The number of nitrogens with zero attached hydrogens (tertiary/aromatic N) is 2. The molecule has 0 aliphatic carbocycles. The Labute approximate surface area is 266 Å². The quantitative estimate of drug-likeness (QED) is 0.200. The predicted molar refractivity (Wildman–Crippen MR) is 192 cm³/mol. The normalized spacial score (nSPS) is 11.5. The minimum atomic E-state index is 0.798. The highest BCUT2D eigenvalue weighted by Crippen LogP contribution is 2.42. The smallest absolute Gasteiger partial charge is 0.153 e. The van der Waals surface area contributed by atoms with Crippen LogP contribution in [-0.2, 0) is 0 Å². The van der Waals surface area contributed by atoms with E-state index >= 15 is 0 Å². The molecule has 2 aromatic heterocycles. The Bertz CT molecular complexity index is 2510. The van der Waals surface area contributed by atoms with Crippen LogP contribution in [-0.4, -0.2) is 4.98 Å². The molecule has 0 fully saturated rings. The number of furan rings is 1. The Morgan fingerprint density at radius 3 is 1.93 bits per heavy atom. The Morgan fingerprint density at radius 2 is 1.11 bits per heavy atom. The summed E-state index contributed by atoms with van der Waals surface area (Å²) < 4.78 is 6.19. The molecule has 216 valence electrons. The van der Waals surface area contributed by atoms with Gasteiger partial charge in [0.25, 0.3) is 0 Å². The minimum Gasteiger partial charge on any atom is -0.454 e. The summed E-state index contributed by atoms with van der Waals surface area (Å²) in [5.41, 5.74) is 10.6. The molecule has 0 aliphatic heterocycles. The summed E-state index contributed by atoms with van der Waals surface area (Å²) in [4.78, 5) is 7.01. The first kappa shape index (κ1) is 26.2. The van der Waals surface area contributed by atoms with Crippen molar-refractivity contribution in [3.63, 3.8) is 0 Å². The zero-order valence-electron chi connectivity index (χ0n) is 25.0. The molecule has 7 aromatic carbocycles. The van der Waals surface area contributed by atoms with E-state index < -0.39 is 0 Å². The van der Waals surface area contributed by atoms with Gasteiger partial charge in [-0.15, -0.1) is 0 Å².